The summed E-state index contributed by atoms with van der Waals surface area (Å²) in [6.07, 6.45) is 0.895. The van der Waals surface area contributed by atoms with Gasteiger partial charge in [0, 0.05) is 6.42 Å². The number of benzene rings is 2. The molecule has 0 amide bonds. The van der Waals surface area contributed by atoms with Crippen molar-refractivity contribution >= 4 is 5.97 Å². The van der Waals surface area contributed by atoms with Gasteiger partial charge in [-0.25, -0.2) is 4.79 Å². The van der Waals surface area contributed by atoms with E-state index in [9.17, 15) is 15.0 Å². The Balaban J connectivity index is 2.32. The van der Waals surface area contributed by atoms with Gasteiger partial charge in [0.25, 0.3) is 0 Å². The summed E-state index contributed by atoms with van der Waals surface area (Å²) in [5.74, 6) is -0.384. The molecule has 0 heterocycles. The number of carboxylic acid groups (broad SMARTS) is 1. The molecule has 0 saturated heterocycles. The van der Waals surface area contributed by atoms with Crippen molar-refractivity contribution in [3.05, 3.63) is 76.9 Å². The number of methoxy groups -OCH3 is 1. The lowest BCUT2D eigenvalue weighted by molar-refractivity contribution is 0.0695. The second-order valence-corrected chi connectivity index (χ2v) is 6.18. The molecular formula is C21H24O4. The number of aromatic carboxylic acids is 1. The van der Waals surface area contributed by atoms with E-state index in [1.165, 1.54) is 0 Å². The molecule has 1 unspecified atom stereocenters. The van der Waals surface area contributed by atoms with Crippen molar-refractivity contribution in [2.24, 2.45) is 0 Å². The summed E-state index contributed by atoms with van der Waals surface area (Å²) >= 11 is 0. The van der Waals surface area contributed by atoms with Gasteiger partial charge in [0.05, 0.1) is 18.8 Å². The Morgan fingerprint density at radius 2 is 1.84 bits per heavy atom. The first-order chi connectivity index (χ1) is 11.9. The first-order valence-corrected chi connectivity index (χ1v) is 8.22. The third-order valence-corrected chi connectivity index (χ3v) is 4.24. The number of aliphatic hydroxyl groups excluding tert-OH is 1. The van der Waals surface area contributed by atoms with Crippen LogP contribution >= 0.6 is 0 Å². The molecule has 2 rings (SSSR count). The summed E-state index contributed by atoms with van der Waals surface area (Å²) in [7, 11) is 1.55. The number of carboxylic acids is 1. The highest BCUT2D eigenvalue weighted by Gasteiger charge is 2.18. The molecule has 0 spiro atoms. The van der Waals surface area contributed by atoms with Crippen LogP contribution < -0.4 is 4.74 Å². The van der Waals surface area contributed by atoms with Crippen molar-refractivity contribution < 1.29 is 19.7 Å². The second kappa shape index (κ2) is 8.49. The molecule has 0 radical (unpaired) electrons. The Morgan fingerprint density at radius 3 is 2.40 bits per heavy atom. The summed E-state index contributed by atoms with van der Waals surface area (Å²) in [5.41, 5.74) is 3.42. The van der Waals surface area contributed by atoms with Crippen molar-refractivity contribution in [1.82, 2.24) is 0 Å². The van der Waals surface area contributed by atoms with Crippen LogP contribution in [-0.2, 0) is 19.3 Å². The number of aryl methyl sites for hydroxylation is 2. The maximum Gasteiger partial charge on any atom is 0.335 e. The van der Waals surface area contributed by atoms with Crippen LogP contribution in [0.3, 0.4) is 0 Å². The number of aliphatic hydroxyl groups is 1. The minimum atomic E-state index is -0.975. The van der Waals surface area contributed by atoms with Gasteiger partial charge in [0.15, 0.2) is 0 Å². The number of rotatable bonds is 8. The van der Waals surface area contributed by atoms with E-state index in [2.05, 4.69) is 6.58 Å². The molecule has 2 aromatic rings. The quantitative estimate of drug-likeness (QED) is 0.720. The predicted molar refractivity (Wildman–Crippen MR) is 98.3 cm³/mol. The summed E-state index contributed by atoms with van der Waals surface area (Å²) < 4.78 is 5.42. The fourth-order valence-corrected chi connectivity index (χ4v) is 2.73. The highest BCUT2D eigenvalue weighted by atomic mass is 16.5. The summed E-state index contributed by atoms with van der Waals surface area (Å²) in [6.45, 7) is 5.48. The summed E-state index contributed by atoms with van der Waals surface area (Å²) in [5, 5.41) is 19.6. The Labute approximate surface area is 148 Å². The number of ether oxygens (including phenoxy) is 1. The maximum absolute atomic E-state index is 11.7. The largest absolute Gasteiger partial charge is 0.496 e. The van der Waals surface area contributed by atoms with Gasteiger partial charge in [-0.05, 0) is 48.6 Å². The molecule has 0 aromatic heterocycles. The van der Waals surface area contributed by atoms with Crippen molar-refractivity contribution in [3.8, 4) is 5.75 Å². The van der Waals surface area contributed by atoms with Crippen molar-refractivity contribution in [3.63, 3.8) is 0 Å². The van der Waals surface area contributed by atoms with E-state index < -0.39 is 12.1 Å². The van der Waals surface area contributed by atoms with Crippen LogP contribution in [0.5, 0.6) is 5.75 Å². The Bertz CT molecular complexity index is 750. The van der Waals surface area contributed by atoms with Crippen LogP contribution in [0.2, 0.25) is 0 Å². The van der Waals surface area contributed by atoms with E-state index in [0.717, 1.165) is 17.5 Å². The van der Waals surface area contributed by atoms with E-state index in [4.69, 9.17) is 4.74 Å². The molecule has 0 aliphatic rings. The van der Waals surface area contributed by atoms with Crippen LogP contribution in [0, 0.1) is 0 Å². The number of hydrogen-bond acceptors (Lipinski definition) is 3. The van der Waals surface area contributed by atoms with Gasteiger partial charge in [0.2, 0.25) is 0 Å². The molecule has 0 bridgehead atoms. The molecule has 0 aliphatic heterocycles. The third kappa shape index (κ3) is 4.94. The van der Waals surface area contributed by atoms with Gasteiger partial charge in [-0.3, -0.25) is 0 Å². The lowest BCUT2D eigenvalue weighted by atomic mass is 9.94. The SMILES string of the molecule is C=C(C)C(O)Cc1cc(C(=O)O)c(CCc2ccccc2)cc1OC. The fourth-order valence-electron chi connectivity index (χ4n) is 2.73. The van der Waals surface area contributed by atoms with Gasteiger partial charge >= 0.3 is 5.97 Å². The highest BCUT2D eigenvalue weighted by Crippen LogP contribution is 2.27. The van der Waals surface area contributed by atoms with E-state index >= 15 is 0 Å². The lowest BCUT2D eigenvalue weighted by Gasteiger charge is -2.16. The molecule has 4 nitrogen and oxygen atoms in total. The Hall–Kier alpha value is -2.59. The lowest BCUT2D eigenvalue weighted by Crippen LogP contribution is -2.14. The molecule has 132 valence electrons. The van der Waals surface area contributed by atoms with Gasteiger partial charge in [-0.15, -0.1) is 0 Å². The van der Waals surface area contributed by atoms with Crippen molar-refractivity contribution in [1.29, 1.82) is 0 Å². The molecule has 0 aliphatic carbocycles. The molecule has 0 fully saturated rings. The highest BCUT2D eigenvalue weighted by molar-refractivity contribution is 5.90. The third-order valence-electron chi connectivity index (χ3n) is 4.24. The fraction of sp³-hybridized carbons (Fsp3) is 0.286. The normalized spacial score (nSPS) is 11.8. The topological polar surface area (TPSA) is 66.8 Å². The van der Waals surface area contributed by atoms with Gasteiger partial charge < -0.3 is 14.9 Å². The second-order valence-electron chi connectivity index (χ2n) is 6.18. The zero-order valence-electron chi connectivity index (χ0n) is 14.7. The van der Waals surface area contributed by atoms with Crippen molar-refractivity contribution in [2.45, 2.75) is 32.3 Å². The van der Waals surface area contributed by atoms with Crippen LogP contribution in [0.25, 0.3) is 0 Å². The minimum absolute atomic E-state index is 0.251. The summed E-state index contributed by atoms with van der Waals surface area (Å²) in [4.78, 5) is 11.7. The smallest absolute Gasteiger partial charge is 0.335 e. The van der Waals surface area contributed by atoms with Crippen LogP contribution in [0.4, 0.5) is 0 Å². The monoisotopic (exact) mass is 340 g/mol. The first kappa shape index (κ1) is 18.7. The molecular weight excluding hydrogens is 316 g/mol. The Morgan fingerprint density at radius 1 is 1.16 bits per heavy atom. The number of carbonyl (C=O) groups is 1. The minimum Gasteiger partial charge on any atom is -0.496 e. The van der Waals surface area contributed by atoms with Crippen LogP contribution in [-0.4, -0.2) is 29.4 Å². The standard InChI is InChI=1S/C21H24O4/c1-14(2)19(22)12-17-11-18(21(23)24)16(13-20(17)25-3)10-9-15-7-5-4-6-8-15/h4-8,11,13,19,22H,1,9-10,12H2,2-3H3,(H,23,24). The average Bonchev–Trinajstić information content (AvgIpc) is 2.60. The first-order valence-electron chi connectivity index (χ1n) is 8.22. The van der Waals surface area contributed by atoms with Gasteiger partial charge in [0.1, 0.15) is 5.75 Å². The van der Waals surface area contributed by atoms with Crippen LogP contribution in [0.1, 0.15) is 34.0 Å². The Kier molecular flexibility index (Phi) is 6.37. The van der Waals surface area contributed by atoms with Gasteiger partial charge in [-0.1, -0.05) is 42.5 Å². The molecule has 2 aromatic carbocycles. The summed E-state index contributed by atoms with van der Waals surface area (Å²) in [6, 6.07) is 13.3. The van der Waals surface area contributed by atoms with Crippen molar-refractivity contribution in [2.75, 3.05) is 7.11 Å². The molecule has 2 N–H and O–H groups in total. The van der Waals surface area contributed by atoms with Gasteiger partial charge in [-0.2, -0.15) is 0 Å². The molecule has 1 atom stereocenters. The van der Waals surface area contributed by atoms with Crippen LogP contribution in [0.15, 0.2) is 54.6 Å². The van der Waals surface area contributed by atoms with E-state index in [-0.39, 0.29) is 12.0 Å². The molecule has 4 heteroatoms. The van der Waals surface area contributed by atoms with E-state index in [1.807, 2.05) is 30.3 Å². The predicted octanol–water partition coefficient (Wildman–Crippen LogP) is 3.66. The number of hydrogen-bond donors (Lipinski definition) is 2. The molecule has 25 heavy (non-hydrogen) atoms. The van der Waals surface area contributed by atoms with E-state index in [0.29, 0.717) is 23.3 Å². The van der Waals surface area contributed by atoms with E-state index in [1.54, 1.807) is 26.2 Å². The zero-order valence-corrected chi connectivity index (χ0v) is 14.7. The molecule has 0 saturated carbocycles. The average molecular weight is 340 g/mol. The maximum atomic E-state index is 11.7. The zero-order chi connectivity index (χ0) is 18.4.